The highest BCUT2D eigenvalue weighted by Gasteiger charge is 2.30. The summed E-state index contributed by atoms with van der Waals surface area (Å²) in [5, 5.41) is 4.10. The average molecular weight is 381 g/mol. The maximum atomic E-state index is 12.7. The second kappa shape index (κ2) is 8.67. The quantitative estimate of drug-likeness (QED) is 0.722. The van der Waals surface area contributed by atoms with Crippen LogP contribution in [0.25, 0.3) is 11.1 Å². The van der Waals surface area contributed by atoms with E-state index in [9.17, 15) is 18.0 Å². The summed E-state index contributed by atoms with van der Waals surface area (Å²) in [7, 11) is 0. The van der Waals surface area contributed by atoms with Crippen LogP contribution in [0.15, 0.2) is 41.3 Å². The summed E-state index contributed by atoms with van der Waals surface area (Å²) in [6.07, 6.45) is -1.13. The summed E-state index contributed by atoms with van der Waals surface area (Å²) >= 11 is 0. The molecule has 0 aliphatic carbocycles. The molecule has 2 aromatic rings. The number of rotatable bonds is 6. The Morgan fingerprint density at radius 2 is 1.67 bits per heavy atom. The van der Waals surface area contributed by atoms with Gasteiger partial charge in [0.15, 0.2) is 0 Å². The van der Waals surface area contributed by atoms with Crippen LogP contribution >= 0.6 is 0 Å². The van der Waals surface area contributed by atoms with Gasteiger partial charge in [0.25, 0.3) is 5.56 Å². The van der Waals surface area contributed by atoms with Gasteiger partial charge in [0.05, 0.1) is 24.3 Å². The Morgan fingerprint density at radius 3 is 2.33 bits per heavy atom. The number of alkyl halides is 3. The lowest BCUT2D eigenvalue weighted by atomic mass is 10.1. The molecule has 1 aliphatic heterocycles. The van der Waals surface area contributed by atoms with Gasteiger partial charge in [-0.25, -0.2) is 4.68 Å². The van der Waals surface area contributed by atoms with Gasteiger partial charge in [-0.1, -0.05) is 12.1 Å². The molecule has 1 aliphatic rings. The Bertz CT molecular complexity index is 797. The molecule has 1 aromatic heterocycles. The zero-order chi connectivity index (χ0) is 19.3. The zero-order valence-corrected chi connectivity index (χ0v) is 14.9. The van der Waals surface area contributed by atoms with E-state index in [0.29, 0.717) is 17.7 Å². The third-order valence-electron chi connectivity index (χ3n) is 4.63. The normalized spacial score (nSPS) is 15.8. The molecule has 1 saturated heterocycles. The van der Waals surface area contributed by atoms with Crippen molar-refractivity contribution in [1.82, 2.24) is 14.7 Å². The Balaban J connectivity index is 1.62. The van der Waals surface area contributed by atoms with Crippen molar-refractivity contribution in [3.8, 4) is 11.1 Å². The van der Waals surface area contributed by atoms with E-state index in [1.165, 1.54) is 29.1 Å². The summed E-state index contributed by atoms with van der Waals surface area (Å²) in [6, 6.07) is 6.16. The van der Waals surface area contributed by atoms with Crippen molar-refractivity contribution < 1.29 is 17.9 Å². The van der Waals surface area contributed by atoms with Crippen molar-refractivity contribution in [2.75, 3.05) is 32.8 Å². The molecule has 0 saturated carbocycles. The van der Waals surface area contributed by atoms with E-state index in [2.05, 4.69) is 10.00 Å². The minimum absolute atomic E-state index is 0.288. The van der Waals surface area contributed by atoms with Gasteiger partial charge in [0.1, 0.15) is 0 Å². The SMILES string of the molecule is O=c1c(-c2ccc(C(F)(F)F)cc2)ccnn1CCCCN1CCOCC1. The second-order valence-electron chi connectivity index (χ2n) is 6.51. The van der Waals surface area contributed by atoms with E-state index in [1.54, 1.807) is 0 Å². The van der Waals surface area contributed by atoms with E-state index >= 15 is 0 Å². The van der Waals surface area contributed by atoms with Gasteiger partial charge in [0, 0.05) is 25.8 Å². The number of hydrogen-bond donors (Lipinski definition) is 0. The predicted octanol–water partition coefficient (Wildman–Crippen LogP) is 3.04. The first-order chi connectivity index (χ1) is 12.9. The number of aromatic nitrogens is 2. The standard InChI is InChI=1S/C19H22F3N3O2/c20-19(21,22)16-5-3-15(4-6-16)17-7-8-23-25(18(17)26)10-2-1-9-24-11-13-27-14-12-24/h3-8H,1-2,9-14H2. The molecule has 0 spiro atoms. The zero-order valence-electron chi connectivity index (χ0n) is 14.9. The average Bonchev–Trinajstić information content (AvgIpc) is 2.67. The Kier molecular flexibility index (Phi) is 6.28. The summed E-state index contributed by atoms with van der Waals surface area (Å²) in [4.78, 5) is 14.9. The van der Waals surface area contributed by atoms with Crippen molar-refractivity contribution in [3.05, 3.63) is 52.4 Å². The Hall–Kier alpha value is -2.19. The van der Waals surface area contributed by atoms with E-state index in [-0.39, 0.29) is 5.56 Å². The molecule has 27 heavy (non-hydrogen) atoms. The first-order valence-electron chi connectivity index (χ1n) is 8.99. The highest BCUT2D eigenvalue weighted by Crippen LogP contribution is 2.30. The van der Waals surface area contributed by atoms with E-state index in [1.807, 2.05) is 0 Å². The molecule has 8 heteroatoms. The highest BCUT2D eigenvalue weighted by atomic mass is 19.4. The van der Waals surface area contributed by atoms with Crippen LogP contribution in [0.3, 0.4) is 0 Å². The lowest BCUT2D eigenvalue weighted by Gasteiger charge is -2.26. The van der Waals surface area contributed by atoms with Gasteiger partial charge in [-0.3, -0.25) is 9.69 Å². The number of aryl methyl sites for hydroxylation is 1. The van der Waals surface area contributed by atoms with Crippen LogP contribution in [0, 0.1) is 0 Å². The van der Waals surface area contributed by atoms with Crippen LogP contribution < -0.4 is 5.56 Å². The van der Waals surface area contributed by atoms with Crippen molar-refractivity contribution >= 4 is 0 Å². The fourth-order valence-corrected chi connectivity index (χ4v) is 3.09. The number of ether oxygens (including phenoxy) is 1. The maximum absolute atomic E-state index is 12.7. The van der Waals surface area contributed by atoms with E-state index in [4.69, 9.17) is 4.74 Å². The fourth-order valence-electron chi connectivity index (χ4n) is 3.09. The number of hydrogen-bond acceptors (Lipinski definition) is 4. The first kappa shape index (κ1) is 19.6. The molecule has 0 N–H and O–H groups in total. The molecule has 0 bridgehead atoms. The minimum atomic E-state index is -4.39. The minimum Gasteiger partial charge on any atom is -0.379 e. The highest BCUT2D eigenvalue weighted by molar-refractivity contribution is 5.62. The molecular formula is C19H22F3N3O2. The molecule has 1 fully saturated rings. The van der Waals surface area contributed by atoms with Crippen LogP contribution in [-0.2, 0) is 17.5 Å². The van der Waals surface area contributed by atoms with Gasteiger partial charge >= 0.3 is 6.18 Å². The van der Waals surface area contributed by atoms with Crippen molar-refractivity contribution in [1.29, 1.82) is 0 Å². The number of halogens is 3. The monoisotopic (exact) mass is 381 g/mol. The first-order valence-corrected chi connectivity index (χ1v) is 8.99. The van der Waals surface area contributed by atoms with Gasteiger partial charge in [-0.15, -0.1) is 0 Å². The molecule has 146 valence electrons. The molecule has 0 amide bonds. The van der Waals surface area contributed by atoms with Crippen LogP contribution in [0.5, 0.6) is 0 Å². The van der Waals surface area contributed by atoms with Crippen LogP contribution in [0.2, 0.25) is 0 Å². The molecule has 1 aromatic carbocycles. The van der Waals surface area contributed by atoms with Crippen molar-refractivity contribution in [2.45, 2.75) is 25.6 Å². The molecule has 0 unspecified atom stereocenters. The molecule has 0 radical (unpaired) electrons. The lowest BCUT2D eigenvalue weighted by molar-refractivity contribution is -0.137. The van der Waals surface area contributed by atoms with Crippen molar-refractivity contribution in [2.24, 2.45) is 0 Å². The number of benzene rings is 1. The fraction of sp³-hybridized carbons (Fsp3) is 0.474. The summed E-state index contributed by atoms with van der Waals surface area (Å²) in [5.41, 5.74) is -0.211. The summed E-state index contributed by atoms with van der Waals surface area (Å²) in [6.45, 7) is 4.82. The second-order valence-corrected chi connectivity index (χ2v) is 6.51. The molecule has 2 heterocycles. The van der Waals surface area contributed by atoms with Crippen molar-refractivity contribution in [3.63, 3.8) is 0 Å². The third kappa shape index (κ3) is 5.17. The summed E-state index contributed by atoms with van der Waals surface area (Å²) < 4.78 is 44.8. The predicted molar refractivity (Wildman–Crippen MR) is 95.4 cm³/mol. The van der Waals surface area contributed by atoms with E-state index < -0.39 is 11.7 Å². The lowest BCUT2D eigenvalue weighted by Crippen LogP contribution is -2.37. The van der Waals surface area contributed by atoms with Crippen LogP contribution in [-0.4, -0.2) is 47.5 Å². The van der Waals surface area contributed by atoms with Gasteiger partial charge in [-0.2, -0.15) is 18.3 Å². The Labute approximate surface area is 155 Å². The maximum Gasteiger partial charge on any atom is 0.416 e. The number of unbranched alkanes of at least 4 members (excludes halogenated alkanes) is 1. The van der Waals surface area contributed by atoms with E-state index in [0.717, 1.165) is 57.8 Å². The number of nitrogens with zero attached hydrogens (tertiary/aromatic N) is 3. The Morgan fingerprint density at radius 1 is 1.00 bits per heavy atom. The third-order valence-corrected chi connectivity index (χ3v) is 4.63. The largest absolute Gasteiger partial charge is 0.416 e. The molecule has 5 nitrogen and oxygen atoms in total. The molecule has 0 atom stereocenters. The van der Waals surface area contributed by atoms with Gasteiger partial charge in [-0.05, 0) is 43.1 Å². The topological polar surface area (TPSA) is 47.4 Å². The summed E-state index contributed by atoms with van der Waals surface area (Å²) in [5.74, 6) is 0. The van der Waals surface area contributed by atoms with Gasteiger partial charge < -0.3 is 4.74 Å². The molecule has 3 rings (SSSR count). The molecular weight excluding hydrogens is 359 g/mol. The number of morpholine rings is 1. The van der Waals surface area contributed by atoms with Gasteiger partial charge in [0.2, 0.25) is 0 Å². The smallest absolute Gasteiger partial charge is 0.379 e. The van der Waals surface area contributed by atoms with Crippen LogP contribution in [0.1, 0.15) is 18.4 Å². The van der Waals surface area contributed by atoms with Crippen LogP contribution in [0.4, 0.5) is 13.2 Å².